The maximum absolute atomic E-state index is 12.6. The Labute approximate surface area is 438 Å². The van der Waals surface area contributed by atoms with E-state index in [9.17, 15) is 5.11 Å². The van der Waals surface area contributed by atoms with Gasteiger partial charge < -0.3 is 5.11 Å². The number of aromatic hydroxyl groups is 1. The molecule has 0 spiro atoms. The SMILES string of the molecule is [2H]C([2H])([2H])c1ccc(-n2c(-c3cc(C(C)(C)C)cc(C(C)(C)C)c3O)nc3c(-c4[c-]c(-c5cc(-c6ccc(C(C([2H])([2H])[2H])(C([2H])([2H])[2H])C([2H])([2H])[2H])cc6)ccn5)cc(C(C)(C)C)c4)cccc32)c(-c2ccc(C(C)(C)C)cc2)c1.[Pt]. The van der Waals surface area contributed by atoms with Crippen molar-refractivity contribution in [1.29, 1.82) is 0 Å². The fourth-order valence-corrected chi connectivity index (χ4v) is 8.62. The first-order valence-electron chi connectivity index (χ1n) is 29.0. The molecule has 4 nitrogen and oxygen atoms in total. The van der Waals surface area contributed by atoms with Gasteiger partial charge in [-0.1, -0.05) is 199 Å². The molecule has 0 saturated heterocycles. The van der Waals surface area contributed by atoms with E-state index in [1.54, 1.807) is 24.4 Å². The van der Waals surface area contributed by atoms with E-state index in [1.165, 1.54) is 24.3 Å². The van der Waals surface area contributed by atoms with Gasteiger partial charge >= 0.3 is 0 Å². The molecule has 0 radical (unpaired) electrons. The summed E-state index contributed by atoms with van der Waals surface area (Å²) in [4.78, 5) is 10.4. The van der Waals surface area contributed by atoms with Gasteiger partial charge in [-0.2, -0.15) is 0 Å². The third-order valence-corrected chi connectivity index (χ3v) is 12.7. The van der Waals surface area contributed by atoms with Crippen molar-refractivity contribution in [3.05, 3.63) is 167 Å². The maximum Gasteiger partial charge on any atom is 0.148 e. The number of hydrogen-bond donors (Lipinski definition) is 1. The van der Waals surface area contributed by atoms with E-state index in [0.29, 0.717) is 61.6 Å². The molecule has 68 heavy (non-hydrogen) atoms. The molecule has 8 rings (SSSR count). The molecule has 8 aromatic rings. The molecular weight excluding hydrogens is 1010 g/mol. The Bertz CT molecular complexity index is 3560. The van der Waals surface area contributed by atoms with Crippen molar-refractivity contribution in [3.8, 4) is 67.5 Å². The molecule has 6 aromatic carbocycles. The molecule has 0 aliphatic heterocycles. The zero-order valence-electron chi connectivity index (χ0n) is 53.2. The van der Waals surface area contributed by atoms with E-state index < -0.39 is 38.2 Å². The second kappa shape index (κ2) is 18.1. The number of hydrogen-bond acceptors (Lipinski definition) is 3. The van der Waals surface area contributed by atoms with Crippen LogP contribution in [0.15, 0.2) is 128 Å². The number of phenolic OH excluding ortho intramolecular Hbond substituents is 1. The second-order valence-corrected chi connectivity index (χ2v) is 22.1. The summed E-state index contributed by atoms with van der Waals surface area (Å²) >= 11 is 0. The molecule has 0 unspecified atom stereocenters. The molecular formula is C63H70N3OPt-. The zero-order chi connectivity index (χ0) is 58.6. The molecule has 0 fully saturated rings. The number of imidazole rings is 1. The first-order chi connectivity index (χ1) is 36.1. The minimum absolute atomic E-state index is 0. The van der Waals surface area contributed by atoms with Gasteiger partial charge in [0.25, 0.3) is 0 Å². The summed E-state index contributed by atoms with van der Waals surface area (Å²) in [7, 11) is 0. The number of aromatic nitrogens is 3. The van der Waals surface area contributed by atoms with Crippen molar-refractivity contribution in [3.63, 3.8) is 0 Å². The molecule has 1 N–H and O–H groups in total. The Morgan fingerprint density at radius 1 is 0.529 bits per heavy atom. The number of fused-ring (bicyclic) bond motifs is 1. The Hall–Kier alpha value is -5.57. The number of rotatable bonds is 6. The number of benzene rings is 6. The Kier molecular flexibility index (Phi) is 9.67. The fourth-order valence-electron chi connectivity index (χ4n) is 8.62. The number of nitrogens with zero attached hydrogens (tertiary/aromatic N) is 3. The Morgan fingerprint density at radius 3 is 1.74 bits per heavy atom. The van der Waals surface area contributed by atoms with Crippen LogP contribution in [0.1, 0.15) is 153 Å². The summed E-state index contributed by atoms with van der Waals surface area (Å²) in [5.74, 6) is 0.538. The van der Waals surface area contributed by atoms with Crippen molar-refractivity contribution in [1.82, 2.24) is 14.5 Å². The van der Waals surface area contributed by atoms with E-state index in [4.69, 9.17) is 26.4 Å². The van der Waals surface area contributed by atoms with Crippen molar-refractivity contribution >= 4 is 11.0 Å². The van der Waals surface area contributed by atoms with Crippen LogP contribution in [-0.2, 0) is 48.1 Å². The van der Waals surface area contributed by atoms with Gasteiger partial charge in [0.15, 0.2) is 0 Å². The van der Waals surface area contributed by atoms with Crippen LogP contribution in [0.25, 0.3) is 72.7 Å². The van der Waals surface area contributed by atoms with Gasteiger partial charge in [-0.05, 0) is 97.6 Å². The number of para-hydroxylation sites is 1. The van der Waals surface area contributed by atoms with Crippen LogP contribution in [0, 0.1) is 12.9 Å². The fraction of sp³-hybridized carbons (Fsp3) is 0.333. The molecule has 0 aliphatic carbocycles. The molecule has 5 heteroatoms. The van der Waals surface area contributed by atoms with Crippen LogP contribution in [0.5, 0.6) is 5.75 Å². The maximum atomic E-state index is 12.6. The predicted octanol–water partition coefficient (Wildman–Crippen LogP) is 17.1. The summed E-state index contributed by atoms with van der Waals surface area (Å²) in [6, 6.07) is 40.5. The first-order valence-corrected chi connectivity index (χ1v) is 23.0. The van der Waals surface area contributed by atoms with Gasteiger partial charge in [0.2, 0.25) is 0 Å². The van der Waals surface area contributed by atoms with Crippen LogP contribution in [-0.4, -0.2) is 19.6 Å². The van der Waals surface area contributed by atoms with Gasteiger partial charge in [-0.3, -0.25) is 9.55 Å². The predicted molar refractivity (Wildman–Crippen MR) is 285 cm³/mol. The van der Waals surface area contributed by atoms with E-state index in [-0.39, 0.29) is 54.2 Å². The van der Waals surface area contributed by atoms with Gasteiger partial charge in [0, 0.05) is 60.5 Å². The van der Waals surface area contributed by atoms with E-state index in [1.807, 2.05) is 59.2 Å². The standard InChI is InChI=1S/C63H70N3O.Pt/c1-39-20-29-54(50(32-39)41-23-27-46(28-24-41)60(5,6)7)66-55-19-17-18-49(56(55)65-58(66)51-37-48(62(11,12)13)38-52(57(51)67)63(14,15)16)43-33-44(35-47(34-43)61(8,9)10)53-36-42(30-31-64-53)40-21-25-45(26-22-40)59(2,3)4;/h17-32,34-38,67H,1-16H3;/q-1;/i1D3,2D3,3D3,4D3;. The minimum Gasteiger partial charge on any atom is -0.507 e. The van der Waals surface area contributed by atoms with Gasteiger partial charge in [0.1, 0.15) is 11.6 Å². The van der Waals surface area contributed by atoms with Crippen LogP contribution in [0.2, 0.25) is 0 Å². The normalized spacial score (nSPS) is 16.0. The molecule has 0 saturated carbocycles. The molecule has 0 atom stereocenters. The molecule has 2 heterocycles. The average molecular weight is 1090 g/mol. The molecule has 0 amide bonds. The Morgan fingerprint density at radius 2 is 1.13 bits per heavy atom. The molecule has 0 bridgehead atoms. The third-order valence-electron chi connectivity index (χ3n) is 12.7. The molecule has 2 aromatic heterocycles. The third kappa shape index (κ3) is 10.1. The van der Waals surface area contributed by atoms with E-state index in [0.717, 1.165) is 33.4 Å². The van der Waals surface area contributed by atoms with Crippen LogP contribution in [0.3, 0.4) is 0 Å². The summed E-state index contributed by atoms with van der Waals surface area (Å²) in [5, 5.41) is 12.6. The van der Waals surface area contributed by atoms with Crippen molar-refractivity contribution < 1.29 is 42.6 Å². The summed E-state index contributed by atoms with van der Waals surface area (Å²) in [6.07, 6.45) is 1.64. The van der Waals surface area contributed by atoms with Gasteiger partial charge in [-0.25, -0.2) is 4.98 Å². The van der Waals surface area contributed by atoms with Gasteiger partial charge in [0.05, 0.1) is 22.3 Å². The second-order valence-electron chi connectivity index (χ2n) is 22.1. The van der Waals surface area contributed by atoms with Crippen molar-refractivity contribution in [2.24, 2.45) is 0 Å². The van der Waals surface area contributed by atoms with Crippen LogP contribution in [0.4, 0.5) is 0 Å². The summed E-state index contributed by atoms with van der Waals surface area (Å²) in [6.45, 7) is 12.8. The van der Waals surface area contributed by atoms with E-state index >= 15 is 0 Å². The topological polar surface area (TPSA) is 50.9 Å². The zero-order valence-corrected chi connectivity index (χ0v) is 43.5. The summed E-state index contributed by atoms with van der Waals surface area (Å²) in [5.41, 5.74) is 7.01. The number of phenols is 1. The Balaban J connectivity index is 0.00000924. The van der Waals surface area contributed by atoms with Crippen molar-refractivity contribution in [2.75, 3.05) is 0 Å². The van der Waals surface area contributed by atoms with Crippen molar-refractivity contribution in [2.45, 2.75) is 138 Å². The quantitative estimate of drug-likeness (QED) is 0.169. The monoisotopic (exact) mass is 1090 g/mol. The average Bonchev–Trinajstić information content (AvgIpc) is 3.71. The summed E-state index contributed by atoms with van der Waals surface area (Å²) < 4.78 is 102. The smallest absolute Gasteiger partial charge is 0.148 e. The first kappa shape index (κ1) is 36.4. The van der Waals surface area contributed by atoms with Crippen LogP contribution < -0.4 is 0 Å². The van der Waals surface area contributed by atoms with E-state index in [2.05, 4.69) is 113 Å². The van der Waals surface area contributed by atoms with Crippen LogP contribution >= 0.6 is 0 Å². The molecule has 0 aliphatic rings. The molecule has 354 valence electrons. The minimum atomic E-state index is -3.39. The number of aryl methyl sites for hydroxylation is 1. The number of pyridine rings is 1. The largest absolute Gasteiger partial charge is 0.507 e. The van der Waals surface area contributed by atoms with Gasteiger partial charge in [-0.15, -0.1) is 29.3 Å².